The first-order valence-electron chi connectivity index (χ1n) is 4.93. The van der Waals surface area contributed by atoms with E-state index in [2.05, 4.69) is 10.4 Å². The lowest BCUT2D eigenvalue weighted by Gasteiger charge is -2.18. The number of hydrogen-bond acceptors (Lipinski definition) is 3. The van der Waals surface area contributed by atoms with Gasteiger partial charge in [0.05, 0.1) is 0 Å². The Hall–Kier alpha value is -1.66. The summed E-state index contributed by atoms with van der Waals surface area (Å²) >= 11 is 0. The molecule has 3 nitrogen and oxygen atoms in total. The van der Waals surface area contributed by atoms with Crippen molar-refractivity contribution in [2.75, 3.05) is 0 Å². The van der Waals surface area contributed by atoms with Gasteiger partial charge in [0.1, 0.15) is 17.5 Å². The van der Waals surface area contributed by atoms with Gasteiger partial charge in [-0.25, -0.2) is 18.6 Å². The van der Waals surface area contributed by atoms with Crippen LogP contribution in [0.3, 0.4) is 0 Å². The third-order valence-electron chi connectivity index (χ3n) is 2.42. The highest BCUT2D eigenvalue weighted by molar-refractivity contribution is 5.72. The number of nitrogens with zero attached hydrogens (tertiary/aromatic N) is 1. The predicted octanol–water partition coefficient (Wildman–Crippen LogP) is 1.78. The summed E-state index contributed by atoms with van der Waals surface area (Å²) in [7, 11) is 0. The second-order valence-corrected chi connectivity index (χ2v) is 3.65. The predicted molar refractivity (Wildman–Crippen MR) is 57.9 cm³/mol. The second kappa shape index (κ2) is 4.68. The van der Waals surface area contributed by atoms with Crippen LogP contribution in [0.25, 0.3) is 0 Å². The van der Waals surface area contributed by atoms with Crippen LogP contribution in [0.5, 0.6) is 0 Å². The largest absolute Gasteiger partial charge is 0.269 e. The topological polar surface area (TPSA) is 50.4 Å². The van der Waals surface area contributed by atoms with Crippen LogP contribution in [0.2, 0.25) is 0 Å². The Morgan fingerprint density at radius 3 is 2.29 bits per heavy atom. The summed E-state index contributed by atoms with van der Waals surface area (Å²) in [5.74, 6) is 2.48. The Morgan fingerprint density at radius 2 is 1.76 bits per heavy atom. The fourth-order valence-electron chi connectivity index (χ4n) is 1.63. The van der Waals surface area contributed by atoms with Crippen molar-refractivity contribution in [1.82, 2.24) is 5.43 Å². The zero-order chi connectivity index (χ0) is 12.4. The third kappa shape index (κ3) is 2.54. The molecule has 1 aromatic carbocycles. The third-order valence-corrected chi connectivity index (χ3v) is 2.42. The fourth-order valence-corrected chi connectivity index (χ4v) is 1.63. The number of nitrogens with one attached hydrogen (secondary N) is 1. The first-order valence-corrected chi connectivity index (χ1v) is 4.93. The van der Waals surface area contributed by atoms with Crippen molar-refractivity contribution in [3.05, 3.63) is 47.3 Å². The molecule has 0 aliphatic carbocycles. The Bertz CT molecular complexity index is 465. The minimum absolute atomic E-state index is 0.303. The monoisotopic (exact) mass is 241 g/mol. The van der Waals surface area contributed by atoms with Crippen LogP contribution in [0.4, 0.5) is 13.2 Å². The molecule has 90 valence electrons. The number of nitrogens with two attached hydrogens (primary N) is 1. The number of allylic oxidation sites excluding steroid dienone is 1. The number of benzene rings is 1. The van der Waals surface area contributed by atoms with Gasteiger partial charge in [-0.15, -0.1) is 0 Å². The van der Waals surface area contributed by atoms with E-state index in [1.54, 1.807) is 0 Å². The second-order valence-electron chi connectivity index (χ2n) is 3.65. The zero-order valence-electron chi connectivity index (χ0n) is 8.70. The molecule has 17 heavy (non-hydrogen) atoms. The van der Waals surface area contributed by atoms with Gasteiger partial charge in [0.2, 0.25) is 0 Å². The molecule has 0 saturated heterocycles. The maximum absolute atomic E-state index is 13.4. The number of rotatable bonds is 2. The number of hydrazine groups is 1. The normalized spacial score (nSPS) is 23.6. The highest BCUT2D eigenvalue weighted by Gasteiger charge is 2.20. The molecule has 1 aromatic rings. The van der Waals surface area contributed by atoms with Gasteiger partial charge >= 0.3 is 0 Å². The molecule has 0 fully saturated rings. The van der Waals surface area contributed by atoms with E-state index in [4.69, 9.17) is 5.84 Å². The lowest BCUT2D eigenvalue weighted by Crippen LogP contribution is -2.35. The van der Waals surface area contributed by atoms with Gasteiger partial charge < -0.3 is 0 Å². The van der Waals surface area contributed by atoms with E-state index in [1.165, 1.54) is 12.3 Å². The van der Waals surface area contributed by atoms with E-state index in [-0.39, 0.29) is 0 Å². The smallest absolute Gasteiger partial charge is 0.163 e. The SMILES string of the molecule is NNC1N=CC(c2cc(F)cc(F)c2)C=C1F. The van der Waals surface area contributed by atoms with Crippen LogP contribution < -0.4 is 11.3 Å². The number of halogens is 3. The Morgan fingerprint density at radius 1 is 1.12 bits per heavy atom. The molecule has 6 heteroatoms. The summed E-state index contributed by atoms with van der Waals surface area (Å²) in [6.07, 6.45) is 1.68. The van der Waals surface area contributed by atoms with Crippen LogP contribution in [0.15, 0.2) is 35.1 Å². The van der Waals surface area contributed by atoms with E-state index in [1.807, 2.05) is 0 Å². The number of dihydropyridines is 1. The van der Waals surface area contributed by atoms with Crippen LogP contribution >= 0.6 is 0 Å². The summed E-state index contributed by atoms with van der Waals surface area (Å²) < 4.78 is 39.4. The lowest BCUT2D eigenvalue weighted by molar-refractivity contribution is 0.475. The van der Waals surface area contributed by atoms with Crippen molar-refractivity contribution in [1.29, 1.82) is 0 Å². The quantitative estimate of drug-likeness (QED) is 0.612. The van der Waals surface area contributed by atoms with Crippen LogP contribution in [-0.2, 0) is 0 Å². The van der Waals surface area contributed by atoms with Crippen molar-refractivity contribution in [2.24, 2.45) is 10.8 Å². The van der Waals surface area contributed by atoms with Gasteiger partial charge in [-0.1, -0.05) is 0 Å². The highest BCUT2D eigenvalue weighted by Crippen LogP contribution is 2.24. The zero-order valence-corrected chi connectivity index (χ0v) is 8.70. The minimum atomic E-state index is -0.926. The van der Waals surface area contributed by atoms with Crippen molar-refractivity contribution in [3.63, 3.8) is 0 Å². The number of aliphatic imine (C=N–C) groups is 1. The maximum atomic E-state index is 13.4. The first-order chi connectivity index (χ1) is 8.10. The summed E-state index contributed by atoms with van der Waals surface area (Å²) in [5, 5.41) is 0. The summed E-state index contributed by atoms with van der Waals surface area (Å²) in [6.45, 7) is 0. The summed E-state index contributed by atoms with van der Waals surface area (Å²) in [4.78, 5) is 3.80. The molecule has 0 spiro atoms. The van der Waals surface area contributed by atoms with Crippen molar-refractivity contribution in [2.45, 2.75) is 12.1 Å². The van der Waals surface area contributed by atoms with Crippen LogP contribution in [0.1, 0.15) is 11.5 Å². The van der Waals surface area contributed by atoms with Gasteiger partial charge in [0, 0.05) is 18.2 Å². The molecule has 1 aliphatic heterocycles. The molecule has 3 N–H and O–H groups in total. The molecular weight excluding hydrogens is 231 g/mol. The lowest BCUT2D eigenvalue weighted by atomic mass is 9.97. The van der Waals surface area contributed by atoms with E-state index in [9.17, 15) is 13.2 Å². The van der Waals surface area contributed by atoms with Gasteiger partial charge in [-0.3, -0.25) is 10.8 Å². The molecule has 0 radical (unpaired) electrons. The number of hydrogen-bond donors (Lipinski definition) is 2. The van der Waals surface area contributed by atoms with Gasteiger partial charge in [0.15, 0.2) is 6.17 Å². The van der Waals surface area contributed by atoms with E-state index >= 15 is 0 Å². The molecule has 1 aliphatic rings. The van der Waals surface area contributed by atoms with Gasteiger partial charge in [-0.2, -0.15) is 0 Å². The molecule has 2 atom stereocenters. The summed E-state index contributed by atoms with van der Waals surface area (Å²) in [6, 6.07) is 3.03. The molecule has 0 bridgehead atoms. The average molecular weight is 241 g/mol. The molecule has 1 heterocycles. The Balaban J connectivity index is 2.30. The van der Waals surface area contributed by atoms with Gasteiger partial charge in [-0.05, 0) is 23.8 Å². The minimum Gasteiger partial charge on any atom is -0.269 e. The van der Waals surface area contributed by atoms with Crippen molar-refractivity contribution < 1.29 is 13.2 Å². The molecule has 2 rings (SSSR count). The van der Waals surface area contributed by atoms with Crippen LogP contribution in [0, 0.1) is 11.6 Å². The van der Waals surface area contributed by atoms with Crippen molar-refractivity contribution >= 4 is 6.21 Å². The highest BCUT2D eigenvalue weighted by atomic mass is 19.1. The molecule has 0 aromatic heterocycles. The molecule has 0 amide bonds. The van der Waals surface area contributed by atoms with E-state index in [0.717, 1.165) is 18.2 Å². The van der Waals surface area contributed by atoms with E-state index in [0.29, 0.717) is 5.56 Å². The Kier molecular flexibility index (Phi) is 3.26. The fraction of sp³-hybridized carbons (Fsp3) is 0.182. The average Bonchev–Trinajstić information content (AvgIpc) is 2.27. The van der Waals surface area contributed by atoms with Crippen molar-refractivity contribution in [3.8, 4) is 0 Å². The standard InChI is InChI=1S/C11H10F3N3/c12-8-1-6(2-9(13)4-8)7-3-10(14)11(17-15)16-5-7/h1-5,7,11,17H,15H2. The van der Waals surface area contributed by atoms with Gasteiger partial charge in [0.25, 0.3) is 0 Å². The molecular formula is C11H10F3N3. The molecule has 0 saturated carbocycles. The first kappa shape index (κ1) is 11.8. The maximum Gasteiger partial charge on any atom is 0.163 e. The Labute approximate surface area is 95.8 Å². The summed E-state index contributed by atoms with van der Waals surface area (Å²) in [5.41, 5.74) is 2.46. The molecule has 2 unspecified atom stereocenters. The van der Waals surface area contributed by atoms with Crippen LogP contribution in [-0.4, -0.2) is 12.4 Å². The van der Waals surface area contributed by atoms with E-state index < -0.39 is 29.5 Å².